The van der Waals surface area contributed by atoms with Gasteiger partial charge in [-0.3, -0.25) is 0 Å². The molecule has 0 aliphatic carbocycles. The molecule has 0 radical (unpaired) electrons. The largest absolute Gasteiger partial charge is 0.497 e. The average molecular weight is 168 g/mol. The van der Waals surface area contributed by atoms with Crippen molar-refractivity contribution in [2.24, 2.45) is 0 Å². The van der Waals surface area contributed by atoms with Gasteiger partial charge in [0.25, 0.3) is 0 Å². The first-order chi connectivity index (χ1) is 5.86. The average Bonchev–Trinajstić information content (AvgIpc) is 2.21. The second kappa shape index (κ2) is 6.53. The molecule has 0 saturated heterocycles. The molecule has 0 saturated carbocycles. The minimum atomic E-state index is 0.848. The first-order valence-corrected chi connectivity index (χ1v) is 4.05. The standard InChI is InChI=1S/C8H10O2.C2H6/c1-9-7-3-5-8(10-2)6-4-7;1-2/h3-6H,1-2H3;1-2H3. The van der Waals surface area contributed by atoms with E-state index in [0.29, 0.717) is 0 Å². The van der Waals surface area contributed by atoms with E-state index in [0.717, 1.165) is 11.5 Å². The van der Waals surface area contributed by atoms with E-state index in [1.165, 1.54) is 0 Å². The van der Waals surface area contributed by atoms with E-state index in [1.807, 2.05) is 38.1 Å². The highest BCUT2D eigenvalue weighted by molar-refractivity contribution is 5.30. The lowest BCUT2D eigenvalue weighted by Crippen LogP contribution is -1.83. The van der Waals surface area contributed by atoms with Crippen molar-refractivity contribution in [3.63, 3.8) is 0 Å². The van der Waals surface area contributed by atoms with Gasteiger partial charge in [-0.1, -0.05) is 13.8 Å². The van der Waals surface area contributed by atoms with Crippen LogP contribution in [-0.4, -0.2) is 14.2 Å². The molecule has 0 aromatic heterocycles. The Morgan fingerprint density at radius 2 is 1.00 bits per heavy atom. The van der Waals surface area contributed by atoms with Gasteiger partial charge in [-0.05, 0) is 24.3 Å². The van der Waals surface area contributed by atoms with E-state index < -0.39 is 0 Å². The monoisotopic (exact) mass is 168 g/mol. The van der Waals surface area contributed by atoms with E-state index in [4.69, 9.17) is 9.47 Å². The fourth-order valence-corrected chi connectivity index (χ4v) is 0.712. The lowest BCUT2D eigenvalue weighted by molar-refractivity contribution is 0.403. The third-order valence-corrected chi connectivity index (χ3v) is 1.30. The van der Waals surface area contributed by atoms with Crippen LogP contribution in [-0.2, 0) is 0 Å². The van der Waals surface area contributed by atoms with E-state index >= 15 is 0 Å². The first kappa shape index (κ1) is 10.8. The Hall–Kier alpha value is -1.18. The Kier molecular flexibility index (Phi) is 5.88. The number of benzene rings is 1. The van der Waals surface area contributed by atoms with Gasteiger partial charge in [0.15, 0.2) is 0 Å². The molecular formula is C10H16O2. The fraction of sp³-hybridized carbons (Fsp3) is 0.400. The highest BCUT2D eigenvalue weighted by atomic mass is 16.5. The van der Waals surface area contributed by atoms with Gasteiger partial charge in [0.1, 0.15) is 11.5 Å². The molecule has 0 spiro atoms. The summed E-state index contributed by atoms with van der Waals surface area (Å²) in [4.78, 5) is 0. The zero-order valence-corrected chi connectivity index (χ0v) is 8.13. The molecule has 68 valence electrons. The maximum absolute atomic E-state index is 4.96. The summed E-state index contributed by atoms with van der Waals surface area (Å²) in [6, 6.07) is 7.44. The molecule has 0 aliphatic heterocycles. The predicted octanol–water partition coefficient (Wildman–Crippen LogP) is 2.73. The summed E-state index contributed by atoms with van der Waals surface area (Å²) in [5.41, 5.74) is 0. The third-order valence-electron chi connectivity index (χ3n) is 1.30. The Bertz CT molecular complexity index is 168. The summed E-state index contributed by atoms with van der Waals surface area (Å²) in [6.07, 6.45) is 0. The van der Waals surface area contributed by atoms with Crippen molar-refractivity contribution >= 4 is 0 Å². The highest BCUT2D eigenvalue weighted by Crippen LogP contribution is 2.15. The predicted molar refractivity (Wildman–Crippen MR) is 50.9 cm³/mol. The summed E-state index contributed by atoms with van der Waals surface area (Å²) < 4.78 is 9.92. The zero-order chi connectivity index (χ0) is 9.40. The van der Waals surface area contributed by atoms with Crippen molar-refractivity contribution < 1.29 is 9.47 Å². The Morgan fingerprint density at radius 1 is 0.750 bits per heavy atom. The van der Waals surface area contributed by atoms with Gasteiger partial charge < -0.3 is 9.47 Å². The molecule has 1 aromatic rings. The van der Waals surface area contributed by atoms with Crippen LogP contribution in [0.2, 0.25) is 0 Å². The van der Waals surface area contributed by atoms with E-state index in [2.05, 4.69) is 0 Å². The summed E-state index contributed by atoms with van der Waals surface area (Å²) in [5.74, 6) is 1.70. The summed E-state index contributed by atoms with van der Waals surface area (Å²) in [7, 11) is 3.28. The summed E-state index contributed by atoms with van der Waals surface area (Å²) >= 11 is 0. The molecule has 2 nitrogen and oxygen atoms in total. The van der Waals surface area contributed by atoms with Gasteiger partial charge in [-0.2, -0.15) is 0 Å². The van der Waals surface area contributed by atoms with Crippen LogP contribution in [0.3, 0.4) is 0 Å². The van der Waals surface area contributed by atoms with Crippen LogP contribution in [0.4, 0.5) is 0 Å². The number of methoxy groups -OCH3 is 2. The minimum Gasteiger partial charge on any atom is -0.497 e. The number of ether oxygens (including phenoxy) is 2. The Labute approximate surface area is 74.1 Å². The quantitative estimate of drug-likeness (QED) is 0.676. The van der Waals surface area contributed by atoms with Gasteiger partial charge >= 0.3 is 0 Å². The SMILES string of the molecule is CC.COc1ccc(OC)cc1. The van der Waals surface area contributed by atoms with Crippen molar-refractivity contribution in [3.05, 3.63) is 24.3 Å². The highest BCUT2D eigenvalue weighted by Gasteiger charge is 1.89. The molecule has 0 atom stereocenters. The number of hydrogen-bond donors (Lipinski definition) is 0. The summed E-state index contributed by atoms with van der Waals surface area (Å²) in [6.45, 7) is 4.00. The number of hydrogen-bond acceptors (Lipinski definition) is 2. The van der Waals surface area contributed by atoms with Crippen molar-refractivity contribution in [2.75, 3.05) is 14.2 Å². The molecule has 0 aliphatic rings. The van der Waals surface area contributed by atoms with E-state index in [-0.39, 0.29) is 0 Å². The fourth-order valence-electron chi connectivity index (χ4n) is 0.712. The van der Waals surface area contributed by atoms with E-state index in [1.54, 1.807) is 14.2 Å². The second-order valence-corrected chi connectivity index (χ2v) is 1.88. The Balaban J connectivity index is 0.000000561. The van der Waals surface area contributed by atoms with Crippen LogP contribution in [0.5, 0.6) is 11.5 Å². The molecule has 0 heterocycles. The smallest absolute Gasteiger partial charge is 0.119 e. The number of rotatable bonds is 2. The van der Waals surface area contributed by atoms with Gasteiger partial charge in [-0.25, -0.2) is 0 Å². The molecule has 12 heavy (non-hydrogen) atoms. The van der Waals surface area contributed by atoms with Gasteiger partial charge in [0.05, 0.1) is 14.2 Å². The maximum Gasteiger partial charge on any atom is 0.119 e. The molecule has 0 amide bonds. The van der Waals surface area contributed by atoms with Crippen LogP contribution in [0.25, 0.3) is 0 Å². The van der Waals surface area contributed by atoms with Crippen LogP contribution in [0.1, 0.15) is 13.8 Å². The lowest BCUT2D eigenvalue weighted by atomic mass is 10.3. The van der Waals surface area contributed by atoms with E-state index in [9.17, 15) is 0 Å². The maximum atomic E-state index is 4.96. The molecular weight excluding hydrogens is 152 g/mol. The van der Waals surface area contributed by atoms with Crippen LogP contribution >= 0.6 is 0 Å². The topological polar surface area (TPSA) is 18.5 Å². The molecule has 0 N–H and O–H groups in total. The van der Waals surface area contributed by atoms with Gasteiger partial charge in [0.2, 0.25) is 0 Å². The minimum absolute atomic E-state index is 0.848. The van der Waals surface area contributed by atoms with Crippen molar-refractivity contribution in [3.8, 4) is 11.5 Å². The van der Waals surface area contributed by atoms with Gasteiger partial charge in [-0.15, -0.1) is 0 Å². The van der Waals surface area contributed by atoms with Crippen molar-refractivity contribution in [1.82, 2.24) is 0 Å². The van der Waals surface area contributed by atoms with Crippen molar-refractivity contribution in [2.45, 2.75) is 13.8 Å². The first-order valence-electron chi connectivity index (χ1n) is 4.05. The van der Waals surface area contributed by atoms with Crippen LogP contribution in [0.15, 0.2) is 24.3 Å². The second-order valence-electron chi connectivity index (χ2n) is 1.88. The third kappa shape index (κ3) is 3.28. The molecule has 0 fully saturated rings. The Morgan fingerprint density at radius 3 is 1.17 bits per heavy atom. The zero-order valence-electron chi connectivity index (χ0n) is 8.13. The van der Waals surface area contributed by atoms with Gasteiger partial charge in [0, 0.05) is 0 Å². The summed E-state index contributed by atoms with van der Waals surface area (Å²) in [5, 5.41) is 0. The molecule has 0 bridgehead atoms. The molecule has 1 rings (SSSR count). The van der Waals surface area contributed by atoms with Crippen LogP contribution < -0.4 is 9.47 Å². The van der Waals surface area contributed by atoms with Crippen LogP contribution in [0, 0.1) is 0 Å². The normalized spacial score (nSPS) is 8.00. The molecule has 1 aromatic carbocycles. The van der Waals surface area contributed by atoms with Crippen molar-refractivity contribution in [1.29, 1.82) is 0 Å². The molecule has 2 heteroatoms. The lowest BCUT2D eigenvalue weighted by Gasteiger charge is -2.00. The molecule has 0 unspecified atom stereocenters.